The van der Waals surface area contributed by atoms with Crippen molar-refractivity contribution in [3.63, 3.8) is 0 Å². The van der Waals surface area contributed by atoms with Crippen molar-refractivity contribution in [2.24, 2.45) is 0 Å². The first-order valence-electron chi connectivity index (χ1n) is 5.82. The van der Waals surface area contributed by atoms with Crippen LogP contribution < -0.4 is 16.0 Å². The van der Waals surface area contributed by atoms with E-state index in [1.165, 1.54) is 6.92 Å². The van der Waals surface area contributed by atoms with Gasteiger partial charge in [0.05, 0.1) is 5.54 Å². The Bertz CT molecular complexity index is 260. The Hall–Kier alpha value is -1.10. The van der Waals surface area contributed by atoms with Gasteiger partial charge in [0.15, 0.2) is 0 Å². The number of piperidine rings is 1. The van der Waals surface area contributed by atoms with E-state index in [-0.39, 0.29) is 11.8 Å². The molecule has 1 unspecified atom stereocenters. The minimum atomic E-state index is -0.436. The molecule has 1 aliphatic heterocycles. The molecule has 5 nitrogen and oxygen atoms in total. The lowest BCUT2D eigenvalue weighted by Crippen LogP contribution is -2.57. The van der Waals surface area contributed by atoms with Crippen LogP contribution in [0.4, 0.5) is 0 Å². The van der Waals surface area contributed by atoms with Gasteiger partial charge in [-0.15, -0.1) is 0 Å². The summed E-state index contributed by atoms with van der Waals surface area (Å²) in [6.45, 7) is 5.26. The standard InChI is InChI=1S/C11H21N3O2/c1-9(15)12-7-8-13-10(16)11(2)5-3-4-6-14-11/h14H,3-8H2,1-2H3,(H,12,15)(H,13,16). The van der Waals surface area contributed by atoms with E-state index >= 15 is 0 Å². The molecule has 1 heterocycles. The average molecular weight is 227 g/mol. The Kier molecular flexibility index (Phi) is 4.73. The SMILES string of the molecule is CC(=O)NCCNC(=O)C1(C)CCCCN1. The molecule has 0 aromatic carbocycles. The molecular weight excluding hydrogens is 206 g/mol. The number of hydrogen-bond acceptors (Lipinski definition) is 3. The highest BCUT2D eigenvalue weighted by Gasteiger charge is 2.33. The van der Waals surface area contributed by atoms with Crippen molar-refractivity contribution in [1.82, 2.24) is 16.0 Å². The van der Waals surface area contributed by atoms with Crippen LogP contribution in [0.1, 0.15) is 33.1 Å². The maximum absolute atomic E-state index is 11.9. The van der Waals surface area contributed by atoms with Gasteiger partial charge in [0.25, 0.3) is 0 Å². The van der Waals surface area contributed by atoms with Gasteiger partial charge in [0.1, 0.15) is 0 Å². The molecule has 1 fully saturated rings. The second-order valence-electron chi connectivity index (χ2n) is 4.45. The largest absolute Gasteiger partial charge is 0.355 e. The molecular formula is C11H21N3O2. The number of hydrogen-bond donors (Lipinski definition) is 3. The van der Waals surface area contributed by atoms with Crippen LogP contribution in [-0.4, -0.2) is 37.0 Å². The van der Waals surface area contributed by atoms with Crippen molar-refractivity contribution in [3.05, 3.63) is 0 Å². The first-order chi connectivity index (χ1) is 7.54. The van der Waals surface area contributed by atoms with Crippen molar-refractivity contribution >= 4 is 11.8 Å². The zero-order valence-corrected chi connectivity index (χ0v) is 10.1. The van der Waals surface area contributed by atoms with Gasteiger partial charge in [-0.05, 0) is 32.7 Å². The fourth-order valence-corrected chi connectivity index (χ4v) is 1.86. The highest BCUT2D eigenvalue weighted by Crippen LogP contribution is 2.18. The molecule has 16 heavy (non-hydrogen) atoms. The average Bonchev–Trinajstić information content (AvgIpc) is 2.25. The highest BCUT2D eigenvalue weighted by molar-refractivity contribution is 5.86. The summed E-state index contributed by atoms with van der Waals surface area (Å²) < 4.78 is 0. The lowest BCUT2D eigenvalue weighted by Gasteiger charge is -2.33. The molecule has 0 aromatic heterocycles. The molecule has 0 saturated carbocycles. The Labute approximate surface area is 96.4 Å². The van der Waals surface area contributed by atoms with Gasteiger partial charge in [0.2, 0.25) is 11.8 Å². The summed E-state index contributed by atoms with van der Waals surface area (Å²) in [5.74, 6) is -0.0474. The molecule has 0 spiro atoms. The second kappa shape index (κ2) is 5.84. The van der Waals surface area contributed by atoms with E-state index < -0.39 is 5.54 Å². The van der Waals surface area contributed by atoms with Crippen LogP contribution >= 0.6 is 0 Å². The van der Waals surface area contributed by atoms with Crippen LogP contribution in [0.3, 0.4) is 0 Å². The summed E-state index contributed by atoms with van der Waals surface area (Å²) >= 11 is 0. The molecule has 0 radical (unpaired) electrons. The van der Waals surface area contributed by atoms with Crippen LogP contribution in [0.25, 0.3) is 0 Å². The highest BCUT2D eigenvalue weighted by atomic mass is 16.2. The smallest absolute Gasteiger partial charge is 0.240 e. The Morgan fingerprint density at radius 3 is 2.50 bits per heavy atom. The van der Waals surface area contributed by atoms with Crippen molar-refractivity contribution in [3.8, 4) is 0 Å². The topological polar surface area (TPSA) is 70.2 Å². The Balaban J connectivity index is 2.25. The number of amides is 2. The summed E-state index contributed by atoms with van der Waals surface area (Å²) in [7, 11) is 0. The lowest BCUT2D eigenvalue weighted by molar-refractivity contribution is -0.128. The van der Waals surface area contributed by atoms with Gasteiger partial charge < -0.3 is 16.0 Å². The molecule has 5 heteroatoms. The quantitative estimate of drug-likeness (QED) is 0.581. The van der Waals surface area contributed by atoms with Crippen molar-refractivity contribution < 1.29 is 9.59 Å². The van der Waals surface area contributed by atoms with Gasteiger partial charge in [0, 0.05) is 20.0 Å². The molecule has 1 rings (SSSR count). The first kappa shape index (κ1) is 13.0. The van der Waals surface area contributed by atoms with Crippen LogP contribution in [0.15, 0.2) is 0 Å². The summed E-state index contributed by atoms with van der Waals surface area (Å²) in [6.07, 6.45) is 3.09. The van der Waals surface area contributed by atoms with Crippen LogP contribution in [-0.2, 0) is 9.59 Å². The van der Waals surface area contributed by atoms with Crippen LogP contribution in [0, 0.1) is 0 Å². The molecule has 2 amide bonds. The van der Waals surface area contributed by atoms with Gasteiger partial charge in [-0.1, -0.05) is 0 Å². The zero-order chi connectivity index (χ0) is 12.0. The van der Waals surface area contributed by atoms with E-state index in [0.29, 0.717) is 13.1 Å². The first-order valence-corrected chi connectivity index (χ1v) is 5.82. The fourth-order valence-electron chi connectivity index (χ4n) is 1.86. The van der Waals surface area contributed by atoms with Gasteiger partial charge in [-0.3, -0.25) is 9.59 Å². The minimum Gasteiger partial charge on any atom is -0.355 e. The molecule has 92 valence electrons. The number of nitrogens with one attached hydrogen (secondary N) is 3. The summed E-state index contributed by atoms with van der Waals surface area (Å²) in [5, 5.41) is 8.72. The third-order valence-electron chi connectivity index (χ3n) is 2.90. The molecule has 0 aliphatic carbocycles. The van der Waals surface area contributed by atoms with E-state index in [2.05, 4.69) is 16.0 Å². The number of carbonyl (C=O) groups excluding carboxylic acids is 2. The lowest BCUT2D eigenvalue weighted by atomic mass is 9.90. The summed E-state index contributed by atoms with van der Waals surface area (Å²) in [5.41, 5.74) is -0.436. The maximum atomic E-state index is 11.9. The zero-order valence-electron chi connectivity index (χ0n) is 10.1. The van der Waals surface area contributed by atoms with Crippen LogP contribution in [0.5, 0.6) is 0 Å². The maximum Gasteiger partial charge on any atom is 0.240 e. The summed E-state index contributed by atoms with van der Waals surface area (Å²) in [6, 6.07) is 0. The molecule has 0 bridgehead atoms. The van der Waals surface area contributed by atoms with E-state index in [1.807, 2.05) is 6.92 Å². The summed E-state index contributed by atoms with van der Waals surface area (Å²) in [4.78, 5) is 22.5. The normalized spacial score (nSPS) is 24.9. The van der Waals surface area contributed by atoms with Gasteiger partial charge in [-0.25, -0.2) is 0 Å². The predicted octanol–water partition coefficient (Wildman–Crippen LogP) is -0.229. The molecule has 1 aliphatic rings. The van der Waals surface area contributed by atoms with Gasteiger partial charge >= 0.3 is 0 Å². The minimum absolute atomic E-state index is 0.0255. The molecule has 3 N–H and O–H groups in total. The third-order valence-corrected chi connectivity index (χ3v) is 2.90. The number of carbonyl (C=O) groups is 2. The Morgan fingerprint density at radius 2 is 1.94 bits per heavy atom. The predicted molar refractivity (Wildman–Crippen MR) is 62.0 cm³/mol. The van der Waals surface area contributed by atoms with E-state index in [4.69, 9.17) is 0 Å². The Morgan fingerprint density at radius 1 is 1.25 bits per heavy atom. The monoisotopic (exact) mass is 227 g/mol. The van der Waals surface area contributed by atoms with Crippen LogP contribution in [0.2, 0.25) is 0 Å². The van der Waals surface area contributed by atoms with E-state index in [1.54, 1.807) is 0 Å². The van der Waals surface area contributed by atoms with E-state index in [9.17, 15) is 9.59 Å². The number of rotatable bonds is 4. The van der Waals surface area contributed by atoms with E-state index in [0.717, 1.165) is 25.8 Å². The van der Waals surface area contributed by atoms with Crippen molar-refractivity contribution in [2.45, 2.75) is 38.6 Å². The van der Waals surface area contributed by atoms with Crippen molar-refractivity contribution in [1.29, 1.82) is 0 Å². The van der Waals surface area contributed by atoms with Gasteiger partial charge in [-0.2, -0.15) is 0 Å². The van der Waals surface area contributed by atoms with Crippen molar-refractivity contribution in [2.75, 3.05) is 19.6 Å². The second-order valence-corrected chi connectivity index (χ2v) is 4.45. The molecule has 1 atom stereocenters. The fraction of sp³-hybridized carbons (Fsp3) is 0.818. The third kappa shape index (κ3) is 3.81. The molecule has 1 saturated heterocycles. The molecule has 0 aromatic rings.